The molecular weight excluding hydrogens is 400 g/mol. The van der Waals surface area contributed by atoms with Crippen LogP contribution in [0.2, 0.25) is 0 Å². The van der Waals surface area contributed by atoms with Crippen LogP contribution in [0.1, 0.15) is 18.0 Å². The van der Waals surface area contributed by atoms with E-state index in [9.17, 15) is 5.11 Å². The summed E-state index contributed by atoms with van der Waals surface area (Å²) < 4.78 is 6.77. The minimum Gasteiger partial charge on any atom is -0.503 e. The average Bonchev–Trinajstić information content (AvgIpc) is 2.52. The van der Waals surface area contributed by atoms with Gasteiger partial charge in [-0.15, -0.1) is 6.58 Å². The maximum Gasteiger partial charge on any atom is 0.173 e. The normalized spacial score (nSPS) is 17.5. The van der Waals surface area contributed by atoms with Crippen molar-refractivity contribution in [3.05, 3.63) is 33.2 Å². The molecule has 1 aromatic rings. The molecule has 1 aliphatic heterocycles. The van der Waals surface area contributed by atoms with E-state index < -0.39 is 0 Å². The molecule has 2 rings (SSSR count). The summed E-state index contributed by atoms with van der Waals surface area (Å²) in [6, 6.07) is 2.12. The minimum atomic E-state index is 0.116. The van der Waals surface area contributed by atoms with Crippen LogP contribution in [0.4, 0.5) is 0 Å². The summed E-state index contributed by atoms with van der Waals surface area (Å²) >= 11 is 7.02. The zero-order valence-corrected chi connectivity index (χ0v) is 15.2. The topological polar surface area (TPSA) is 44.7 Å². The predicted molar refractivity (Wildman–Crippen MR) is 92.1 cm³/mol. The second-order valence-electron chi connectivity index (χ2n) is 4.97. The van der Waals surface area contributed by atoms with Crippen molar-refractivity contribution in [1.29, 1.82) is 0 Å². The van der Waals surface area contributed by atoms with Crippen molar-refractivity contribution in [2.75, 3.05) is 33.3 Å². The van der Waals surface area contributed by atoms with Gasteiger partial charge in [-0.1, -0.05) is 6.08 Å². The Labute approximate surface area is 142 Å². The van der Waals surface area contributed by atoms with E-state index >= 15 is 0 Å². The van der Waals surface area contributed by atoms with E-state index in [1.807, 2.05) is 12.1 Å². The number of methoxy groups -OCH3 is 1. The van der Waals surface area contributed by atoms with Crippen LogP contribution in [0.5, 0.6) is 11.5 Å². The third kappa shape index (κ3) is 3.62. The minimum absolute atomic E-state index is 0.116. The van der Waals surface area contributed by atoms with Gasteiger partial charge in [-0.05, 0) is 49.9 Å². The van der Waals surface area contributed by atoms with E-state index in [0.29, 0.717) is 10.2 Å². The molecule has 0 aromatic heterocycles. The molecule has 0 radical (unpaired) electrons. The Morgan fingerprint density at radius 1 is 1.43 bits per heavy atom. The molecule has 0 aliphatic carbocycles. The Morgan fingerprint density at radius 2 is 2.10 bits per heavy atom. The summed E-state index contributed by atoms with van der Waals surface area (Å²) in [5.41, 5.74) is 1.10. The highest BCUT2D eigenvalue weighted by molar-refractivity contribution is 9.13. The number of phenolic OH excluding ortho intramolecular Hbond substituents is 1. The van der Waals surface area contributed by atoms with Crippen LogP contribution in [0.15, 0.2) is 27.7 Å². The Kier molecular flexibility index (Phi) is 6.10. The molecule has 1 fully saturated rings. The van der Waals surface area contributed by atoms with Crippen LogP contribution < -0.4 is 10.1 Å². The van der Waals surface area contributed by atoms with Crippen molar-refractivity contribution >= 4 is 31.9 Å². The number of benzene rings is 1. The van der Waals surface area contributed by atoms with E-state index in [4.69, 9.17) is 4.74 Å². The fraction of sp³-hybridized carbons (Fsp3) is 0.467. The number of aromatic hydroxyl groups is 1. The van der Waals surface area contributed by atoms with Gasteiger partial charge in [0.15, 0.2) is 11.5 Å². The van der Waals surface area contributed by atoms with Crippen LogP contribution in [-0.4, -0.2) is 43.3 Å². The lowest BCUT2D eigenvalue weighted by molar-refractivity contribution is 0.173. The molecule has 0 unspecified atom stereocenters. The van der Waals surface area contributed by atoms with Gasteiger partial charge in [-0.25, -0.2) is 0 Å². The van der Waals surface area contributed by atoms with Crippen molar-refractivity contribution in [2.24, 2.45) is 0 Å². The summed E-state index contributed by atoms with van der Waals surface area (Å²) in [6.07, 6.45) is 2.78. The lowest BCUT2D eigenvalue weighted by Gasteiger charge is -2.35. The number of ether oxygens (including phenoxy) is 1. The highest BCUT2D eigenvalue weighted by Crippen LogP contribution is 2.45. The molecule has 4 nitrogen and oxygen atoms in total. The molecule has 6 heteroatoms. The van der Waals surface area contributed by atoms with Gasteiger partial charge in [0.2, 0.25) is 0 Å². The second-order valence-corrected chi connectivity index (χ2v) is 6.56. The van der Waals surface area contributed by atoms with Crippen LogP contribution in [0.25, 0.3) is 0 Å². The summed E-state index contributed by atoms with van der Waals surface area (Å²) in [5.74, 6) is 0.593. The highest BCUT2D eigenvalue weighted by Gasteiger charge is 2.26. The number of rotatable bonds is 5. The van der Waals surface area contributed by atoms with Crippen LogP contribution in [0.3, 0.4) is 0 Å². The summed E-state index contributed by atoms with van der Waals surface area (Å²) in [7, 11) is 1.56. The third-order valence-electron chi connectivity index (χ3n) is 3.74. The van der Waals surface area contributed by atoms with E-state index in [1.54, 1.807) is 7.11 Å². The Balaban J connectivity index is 2.43. The molecule has 0 spiro atoms. The van der Waals surface area contributed by atoms with Crippen molar-refractivity contribution in [2.45, 2.75) is 12.5 Å². The maximum atomic E-state index is 10.1. The largest absolute Gasteiger partial charge is 0.503 e. The molecule has 21 heavy (non-hydrogen) atoms. The summed E-state index contributed by atoms with van der Waals surface area (Å²) in [4.78, 5) is 2.43. The molecule has 1 aromatic carbocycles. The molecule has 1 atom stereocenters. The smallest absolute Gasteiger partial charge is 0.173 e. The summed E-state index contributed by atoms with van der Waals surface area (Å²) in [6.45, 7) is 7.84. The number of phenols is 1. The van der Waals surface area contributed by atoms with E-state index in [-0.39, 0.29) is 11.8 Å². The number of hydrogen-bond acceptors (Lipinski definition) is 4. The molecule has 1 saturated heterocycles. The molecule has 116 valence electrons. The molecule has 0 amide bonds. The van der Waals surface area contributed by atoms with Crippen molar-refractivity contribution in [1.82, 2.24) is 10.2 Å². The fourth-order valence-corrected chi connectivity index (χ4v) is 3.63. The van der Waals surface area contributed by atoms with Gasteiger partial charge in [-0.3, -0.25) is 4.90 Å². The van der Waals surface area contributed by atoms with Gasteiger partial charge in [0.1, 0.15) is 0 Å². The lowest BCUT2D eigenvalue weighted by Crippen LogP contribution is -2.45. The van der Waals surface area contributed by atoms with Gasteiger partial charge in [-0.2, -0.15) is 0 Å². The first-order valence-corrected chi connectivity index (χ1v) is 8.49. The zero-order chi connectivity index (χ0) is 15.4. The first kappa shape index (κ1) is 16.8. The first-order valence-electron chi connectivity index (χ1n) is 6.90. The lowest BCUT2D eigenvalue weighted by atomic mass is 10.0. The van der Waals surface area contributed by atoms with Gasteiger partial charge in [0.05, 0.1) is 11.6 Å². The van der Waals surface area contributed by atoms with Gasteiger partial charge < -0.3 is 15.2 Å². The average molecular weight is 420 g/mol. The fourth-order valence-electron chi connectivity index (χ4n) is 2.63. The first-order chi connectivity index (χ1) is 10.1. The number of piperazine rings is 1. The molecule has 0 bridgehead atoms. The van der Waals surface area contributed by atoms with E-state index in [1.165, 1.54) is 0 Å². The monoisotopic (exact) mass is 418 g/mol. The molecule has 1 aliphatic rings. The Hall–Kier alpha value is -0.560. The standard InChI is InChI=1S/C15H20Br2N2O2/c1-3-4-11(19-7-5-18-6-8-19)10-9-12(21-2)15(20)14(17)13(10)16/h3,9,11,18,20H,1,4-8H2,2H3/t11-/m1/s1. The maximum absolute atomic E-state index is 10.1. The van der Waals surface area contributed by atoms with Gasteiger partial charge >= 0.3 is 0 Å². The van der Waals surface area contributed by atoms with E-state index in [0.717, 1.165) is 42.6 Å². The highest BCUT2D eigenvalue weighted by atomic mass is 79.9. The van der Waals surface area contributed by atoms with Crippen LogP contribution in [-0.2, 0) is 0 Å². The Bertz CT molecular complexity index is 517. The second kappa shape index (κ2) is 7.63. The molecule has 0 saturated carbocycles. The third-order valence-corrected chi connectivity index (χ3v) is 5.89. The van der Waals surface area contributed by atoms with Crippen LogP contribution >= 0.6 is 31.9 Å². The van der Waals surface area contributed by atoms with Crippen LogP contribution in [0, 0.1) is 0 Å². The SMILES string of the molecule is C=CC[C@H](c1cc(OC)c(O)c(Br)c1Br)N1CCNCC1. The summed E-state index contributed by atoms with van der Waals surface area (Å²) in [5, 5.41) is 13.4. The Morgan fingerprint density at radius 3 is 2.67 bits per heavy atom. The van der Waals surface area contributed by atoms with Crippen molar-refractivity contribution < 1.29 is 9.84 Å². The zero-order valence-electron chi connectivity index (χ0n) is 12.0. The number of hydrogen-bond donors (Lipinski definition) is 2. The van der Waals surface area contributed by atoms with Crippen molar-refractivity contribution in [3.63, 3.8) is 0 Å². The van der Waals surface area contributed by atoms with Gasteiger partial charge in [0, 0.05) is 36.7 Å². The number of halogens is 2. The molecular formula is C15H20Br2N2O2. The molecule has 2 N–H and O–H groups in total. The van der Waals surface area contributed by atoms with E-state index in [2.05, 4.69) is 48.7 Å². The quantitative estimate of drug-likeness (QED) is 0.717. The predicted octanol–water partition coefficient (Wildman–Crippen LogP) is 3.45. The van der Waals surface area contributed by atoms with Gasteiger partial charge in [0.25, 0.3) is 0 Å². The molecule has 1 heterocycles. The van der Waals surface area contributed by atoms with Crippen molar-refractivity contribution in [3.8, 4) is 11.5 Å². The number of nitrogens with zero attached hydrogens (tertiary/aromatic N) is 1. The number of nitrogens with one attached hydrogen (secondary N) is 1.